The predicted octanol–water partition coefficient (Wildman–Crippen LogP) is 1.99. The van der Waals surface area contributed by atoms with Gasteiger partial charge in [-0.2, -0.15) is 0 Å². The Bertz CT molecular complexity index is 687. The lowest BCUT2D eigenvalue weighted by molar-refractivity contribution is -0.149. The summed E-state index contributed by atoms with van der Waals surface area (Å²) in [6, 6.07) is 7.81. The van der Waals surface area contributed by atoms with Gasteiger partial charge in [0.05, 0.1) is 32.4 Å². The molecule has 2 aromatic rings. The van der Waals surface area contributed by atoms with Crippen molar-refractivity contribution in [3.05, 3.63) is 36.1 Å². The number of rotatable bonds is 2. The van der Waals surface area contributed by atoms with Gasteiger partial charge in [0, 0.05) is 30.5 Å². The molecule has 0 N–H and O–H groups in total. The van der Waals surface area contributed by atoms with Crippen molar-refractivity contribution in [3.63, 3.8) is 0 Å². The maximum Gasteiger partial charge on any atom is 0.227 e. The first-order valence-electron chi connectivity index (χ1n) is 7.70. The van der Waals surface area contributed by atoms with Crippen molar-refractivity contribution >= 4 is 16.9 Å². The number of amides is 1. The maximum absolute atomic E-state index is 12.6. The fraction of sp³-hybridized carbons (Fsp3) is 0.471. The molecule has 0 saturated carbocycles. The van der Waals surface area contributed by atoms with Gasteiger partial charge in [-0.3, -0.25) is 4.79 Å². The zero-order chi connectivity index (χ0) is 15.0. The quantitative estimate of drug-likeness (QED) is 0.851. The van der Waals surface area contributed by atoms with Gasteiger partial charge in [-0.1, -0.05) is 18.2 Å². The summed E-state index contributed by atoms with van der Waals surface area (Å²) in [5, 5.41) is 1.02. The lowest BCUT2D eigenvalue weighted by Gasteiger charge is -2.39. The molecular weight excluding hydrogens is 282 g/mol. The van der Waals surface area contributed by atoms with Gasteiger partial charge in [0.15, 0.2) is 0 Å². The zero-order valence-electron chi connectivity index (χ0n) is 12.4. The van der Waals surface area contributed by atoms with E-state index in [1.165, 1.54) is 0 Å². The molecule has 0 radical (unpaired) electrons. The number of para-hydroxylation sites is 1. The molecular formula is C17H19NO4. The van der Waals surface area contributed by atoms with Crippen molar-refractivity contribution in [1.82, 2.24) is 4.90 Å². The molecule has 3 heterocycles. The largest absolute Gasteiger partial charge is 0.464 e. The second kappa shape index (κ2) is 5.41. The molecule has 1 spiro atoms. The number of hydrogen-bond acceptors (Lipinski definition) is 4. The van der Waals surface area contributed by atoms with E-state index in [4.69, 9.17) is 13.9 Å². The molecule has 1 amide bonds. The summed E-state index contributed by atoms with van der Waals surface area (Å²) in [6.07, 6.45) is 2.93. The highest BCUT2D eigenvalue weighted by atomic mass is 16.6. The summed E-state index contributed by atoms with van der Waals surface area (Å²) in [4.78, 5) is 14.5. The fourth-order valence-electron chi connectivity index (χ4n) is 3.33. The number of carbonyl (C=O) groups excluding carboxylic acids is 1. The third-order valence-electron chi connectivity index (χ3n) is 4.57. The van der Waals surface area contributed by atoms with E-state index in [-0.39, 0.29) is 11.5 Å². The second-order valence-corrected chi connectivity index (χ2v) is 6.08. The van der Waals surface area contributed by atoms with E-state index in [0.717, 1.165) is 23.0 Å². The van der Waals surface area contributed by atoms with Crippen molar-refractivity contribution in [2.24, 2.45) is 0 Å². The van der Waals surface area contributed by atoms with Crippen molar-refractivity contribution < 1.29 is 18.7 Å². The predicted molar refractivity (Wildman–Crippen MR) is 80.6 cm³/mol. The first kappa shape index (κ1) is 13.8. The Morgan fingerprint density at radius 3 is 3.05 bits per heavy atom. The molecule has 116 valence electrons. The van der Waals surface area contributed by atoms with E-state index in [9.17, 15) is 4.79 Å². The molecule has 2 saturated heterocycles. The van der Waals surface area contributed by atoms with Crippen molar-refractivity contribution in [2.45, 2.75) is 18.4 Å². The average molecular weight is 301 g/mol. The van der Waals surface area contributed by atoms with Crippen LogP contribution in [0.15, 0.2) is 34.9 Å². The minimum absolute atomic E-state index is 0.126. The number of hydrogen-bond donors (Lipinski definition) is 0. The van der Waals surface area contributed by atoms with E-state index in [1.54, 1.807) is 6.26 Å². The number of morpholine rings is 1. The fourth-order valence-corrected chi connectivity index (χ4v) is 3.33. The first-order chi connectivity index (χ1) is 10.8. The molecule has 1 unspecified atom stereocenters. The first-order valence-corrected chi connectivity index (χ1v) is 7.70. The second-order valence-electron chi connectivity index (χ2n) is 6.08. The normalized spacial score (nSPS) is 25.2. The van der Waals surface area contributed by atoms with Gasteiger partial charge in [-0.05, 0) is 6.07 Å². The van der Waals surface area contributed by atoms with Crippen LogP contribution in [-0.2, 0) is 20.7 Å². The standard InChI is InChI=1S/C17H19NO4/c19-16(9-13-10-21-15-4-2-1-3-14(13)15)18-6-8-22-17(11-18)5-7-20-12-17/h1-4,10H,5-9,11-12H2. The SMILES string of the molecule is O=C(Cc1coc2ccccc12)N1CCOC2(CCOC2)C1. The summed E-state index contributed by atoms with van der Waals surface area (Å²) < 4.78 is 16.8. The van der Waals surface area contributed by atoms with Crippen LogP contribution in [0.25, 0.3) is 11.0 Å². The van der Waals surface area contributed by atoms with Crippen molar-refractivity contribution in [2.75, 3.05) is 32.9 Å². The summed E-state index contributed by atoms with van der Waals surface area (Å²) in [5.74, 6) is 0.126. The smallest absolute Gasteiger partial charge is 0.227 e. The summed E-state index contributed by atoms with van der Waals surface area (Å²) in [5.41, 5.74) is 1.49. The summed E-state index contributed by atoms with van der Waals surface area (Å²) in [6.45, 7) is 3.17. The highest BCUT2D eigenvalue weighted by molar-refractivity contribution is 5.87. The monoisotopic (exact) mass is 301 g/mol. The van der Waals surface area contributed by atoms with Gasteiger partial charge < -0.3 is 18.8 Å². The molecule has 2 aliphatic rings. The number of nitrogens with zero attached hydrogens (tertiary/aromatic N) is 1. The third-order valence-corrected chi connectivity index (χ3v) is 4.57. The molecule has 0 aliphatic carbocycles. The van der Waals surface area contributed by atoms with E-state index in [2.05, 4.69) is 0 Å². The van der Waals surface area contributed by atoms with Gasteiger partial charge in [-0.25, -0.2) is 0 Å². The Morgan fingerprint density at radius 2 is 2.18 bits per heavy atom. The Kier molecular flexibility index (Phi) is 3.39. The maximum atomic E-state index is 12.6. The van der Waals surface area contributed by atoms with Crippen LogP contribution in [0.3, 0.4) is 0 Å². The van der Waals surface area contributed by atoms with Gasteiger partial charge >= 0.3 is 0 Å². The Hall–Kier alpha value is -1.85. The molecule has 1 aromatic heterocycles. The molecule has 4 rings (SSSR count). The molecule has 1 atom stereocenters. The number of benzene rings is 1. The van der Waals surface area contributed by atoms with Crippen LogP contribution < -0.4 is 0 Å². The minimum atomic E-state index is -0.285. The molecule has 5 nitrogen and oxygen atoms in total. The van der Waals surface area contributed by atoms with Crippen LogP contribution >= 0.6 is 0 Å². The van der Waals surface area contributed by atoms with Crippen LogP contribution in [0.5, 0.6) is 0 Å². The number of ether oxygens (including phenoxy) is 2. The number of furan rings is 1. The third kappa shape index (κ3) is 2.40. The Morgan fingerprint density at radius 1 is 1.27 bits per heavy atom. The zero-order valence-corrected chi connectivity index (χ0v) is 12.4. The van der Waals surface area contributed by atoms with E-state index in [1.807, 2.05) is 29.2 Å². The van der Waals surface area contributed by atoms with Gasteiger partial charge in [0.25, 0.3) is 0 Å². The highest BCUT2D eigenvalue weighted by Gasteiger charge is 2.41. The van der Waals surface area contributed by atoms with E-state index in [0.29, 0.717) is 39.3 Å². The lowest BCUT2D eigenvalue weighted by atomic mass is 10.00. The summed E-state index contributed by atoms with van der Waals surface area (Å²) in [7, 11) is 0. The average Bonchev–Trinajstić information content (AvgIpc) is 3.15. The molecule has 0 bridgehead atoms. The number of carbonyl (C=O) groups is 1. The van der Waals surface area contributed by atoms with Gasteiger partial charge in [0.2, 0.25) is 5.91 Å². The topological polar surface area (TPSA) is 51.9 Å². The minimum Gasteiger partial charge on any atom is -0.464 e. The molecule has 2 fully saturated rings. The van der Waals surface area contributed by atoms with Crippen molar-refractivity contribution in [3.8, 4) is 0 Å². The Balaban J connectivity index is 1.50. The number of fused-ring (bicyclic) bond motifs is 1. The van der Waals surface area contributed by atoms with Crippen LogP contribution in [0.4, 0.5) is 0 Å². The van der Waals surface area contributed by atoms with Crippen LogP contribution in [-0.4, -0.2) is 49.3 Å². The highest BCUT2D eigenvalue weighted by Crippen LogP contribution is 2.28. The van der Waals surface area contributed by atoms with Crippen LogP contribution in [0.2, 0.25) is 0 Å². The molecule has 5 heteroatoms. The summed E-state index contributed by atoms with van der Waals surface area (Å²) >= 11 is 0. The van der Waals surface area contributed by atoms with Crippen LogP contribution in [0, 0.1) is 0 Å². The lowest BCUT2D eigenvalue weighted by Crippen LogP contribution is -2.54. The van der Waals surface area contributed by atoms with Crippen molar-refractivity contribution in [1.29, 1.82) is 0 Å². The molecule has 1 aromatic carbocycles. The molecule has 22 heavy (non-hydrogen) atoms. The van der Waals surface area contributed by atoms with Crippen LogP contribution in [0.1, 0.15) is 12.0 Å². The Labute approximate surface area is 128 Å². The molecule has 2 aliphatic heterocycles. The van der Waals surface area contributed by atoms with E-state index >= 15 is 0 Å². The van der Waals surface area contributed by atoms with Gasteiger partial charge in [-0.15, -0.1) is 0 Å². The van der Waals surface area contributed by atoms with E-state index < -0.39 is 0 Å². The van der Waals surface area contributed by atoms with Gasteiger partial charge in [0.1, 0.15) is 11.2 Å².